The van der Waals surface area contributed by atoms with Gasteiger partial charge in [-0.2, -0.15) is 0 Å². The Morgan fingerprint density at radius 3 is 2.31 bits per heavy atom. The first-order chi connectivity index (χ1) is 15.2. The van der Waals surface area contributed by atoms with Gasteiger partial charge in [-0.1, -0.05) is 25.1 Å². The molecule has 3 rings (SSSR count). The molecular formula is C25H34N2O4S. The molecule has 0 spiro atoms. The van der Waals surface area contributed by atoms with E-state index in [2.05, 4.69) is 23.5 Å². The van der Waals surface area contributed by atoms with Crippen molar-refractivity contribution in [1.82, 2.24) is 5.32 Å². The van der Waals surface area contributed by atoms with Crippen molar-refractivity contribution >= 4 is 21.6 Å². The third-order valence-electron chi connectivity index (χ3n) is 5.96. The van der Waals surface area contributed by atoms with E-state index in [1.165, 1.54) is 28.3 Å². The summed E-state index contributed by atoms with van der Waals surface area (Å²) in [4.78, 5) is 13.2. The van der Waals surface area contributed by atoms with E-state index in [0.717, 1.165) is 24.7 Å². The first kappa shape index (κ1) is 24.1. The van der Waals surface area contributed by atoms with Crippen LogP contribution in [0.4, 0.5) is 5.69 Å². The third kappa shape index (κ3) is 5.63. The predicted octanol–water partition coefficient (Wildman–Crippen LogP) is 4.39. The molecule has 6 nitrogen and oxygen atoms in total. The minimum atomic E-state index is -3.68. The van der Waals surface area contributed by atoms with Gasteiger partial charge in [0.2, 0.25) is 15.9 Å². The molecule has 0 saturated carbocycles. The number of amides is 1. The van der Waals surface area contributed by atoms with Gasteiger partial charge in [0.25, 0.3) is 0 Å². The summed E-state index contributed by atoms with van der Waals surface area (Å²) < 4.78 is 32.0. The maximum absolute atomic E-state index is 13.2. The van der Waals surface area contributed by atoms with E-state index in [4.69, 9.17) is 4.74 Å². The second-order valence-electron chi connectivity index (χ2n) is 8.38. The van der Waals surface area contributed by atoms with E-state index in [1.807, 2.05) is 20.8 Å². The highest BCUT2D eigenvalue weighted by Gasteiger charge is 2.32. The normalized spacial score (nSPS) is 15.4. The molecule has 0 radical (unpaired) electrons. The van der Waals surface area contributed by atoms with Gasteiger partial charge in [-0.3, -0.25) is 9.10 Å². The average molecular weight is 459 g/mol. The van der Waals surface area contributed by atoms with Crippen LogP contribution in [0.2, 0.25) is 0 Å². The molecule has 0 aromatic heterocycles. The van der Waals surface area contributed by atoms with E-state index >= 15 is 0 Å². The molecule has 2 aromatic carbocycles. The zero-order valence-corrected chi connectivity index (χ0v) is 20.2. The Hall–Kier alpha value is -2.54. The van der Waals surface area contributed by atoms with Crippen LogP contribution in [0.25, 0.3) is 0 Å². The molecule has 1 amide bonds. The fraction of sp³-hybridized carbons (Fsp3) is 0.480. The number of aryl methyl sites for hydroxylation is 2. The van der Waals surface area contributed by atoms with E-state index < -0.39 is 16.1 Å². The third-order valence-corrected chi connectivity index (χ3v) is 7.14. The minimum Gasteiger partial charge on any atom is -0.494 e. The van der Waals surface area contributed by atoms with Crippen molar-refractivity contribution in [1.29, 1.82) is 0 Å². The van der Waals surface area contributed by atoms with Crippen molar-refractivity contribution in [2.24, 2.45) is 0 Å². The molecule has 0 heterocycles. The lowest BCUT2D eigenvalue weighted by Gasteiger charge is -2.31. The van der Waals surface area contributed by atoms with Crippen LogP contribution >= 0.6 is 0 Å². The molecular weight excluding hydrogens is 424 g/mol. The number of carbonyl (C=O) groups is 1. The van der Waals surface area contributed by atoms with Gasteiger partial charge in [-0.15, -0.1) is 0 Å². The Balaban J connectivity index is 1.81. The predicted molar refractivity (Wildman–Crippen MR) is 129 cm³/mol. The lowest BCUT2D eigenvalue weighted by molar-refractivity contribution is -0.122. The van der Waals surface area contributed by atoms with Crippen LogP contribution in [0, 0.1) is 0 Å². The largest absolute Gasteiger partial charge is 0.494 e. The number of anilines is 1. The topological polar surface area (TPSA) is 75.7 Å². The van der Waals surface area contributed by atoms with Crippen molar-refractivity contribution in [2.75, 3.05) is 17.2 Å². The van der Waals surface area contributed by atoms with Crippen LogP contribution in [-0.2, 0) is 27.7 Å². The van der Waals surface area contributed by atoms with Crippen LogP contribution in [0.5, 0.6) is 5.75 Å². The van der Waals surface area contributed by atoms with Crippen LogP contribution in [0.1, 0.15) is 62.8 Å². The smallest absolute Gasteiger partial charge is 0.244 e. The first-order valence-electron chi connectivity index (χ1n) is 11.4. The van der Waals surface area contributed by atoms with Gasteiger partial charge in [0, 0.05) is 0 Å². The second-order valence-corrected chi connectivity index (χ2v) is 10.2. The molecule has 1 aliphatic carbocycles. The molecule has 0 saturated heterocycles. The Kier molecular flexibility index (Phi) is 7.82. The van der Waals surface area contributed by atoms with Crippen molar-refractivity contribution in [3.63, 3.8) is 0 Å². The monoisotopic (exact) mass is 458 g/mol. The number of fused-ring (bicyclic) bond motifs is 1. The summed E-state index contributed by atoms with van der Waals surface area (Å²) in [6, 6.07) is 12.1. The van der Waals surface area contributed by atoms with Crippen LogP contribution in [0.15, 0.2) is 42.5 Å². The number of nitrogens with zero attached hydrogens (tertiary/aromatic N) is 1. The molecule has 174 valence electrons. The number of benzene rings is 2. The van der Waals surface area contributed by atoms with Gasteiger partial charge >= 0.3 is 0 Å². The maximum Gasteiger partial charge on any atom is 0.244 e. The Morgan fingerprint density at radius 2 is 1.72 bits per heavy atom. The summed E-state index contributed by atoms with van der Waals surface area (Å²) in [6.45, 7) is 6.17. The van der Waals surface area contributed by atoms with Gasteiger partial charge < -0.3 is 10.1 Å². The second kappa shape index (κ2) is 10.4. The highest BCUT2D eigenvalue weighted by molar-refractivity contribution is 7.92. The van der Waals surface area contributed by atoms with Crippen molar-refractivity contribution in [3.8, 4) is 5.75 Å². The molecule has 32 heavy (non-hydrogen) atoms. The number of nitrogens with one attached hydrogen (secondary N) is 1. The molecule has 1 N–H and O–H groups in total. The van der Waals surface area contributed by atoms with E-state index in [1.54, 1.807) is 24.3 Å². The van der Waals surface area contributed by atoms with Crippen molar-refractivity contribution in [2.45, 2.75) is 65.0 Å². The Bertz CT molecular complexity index is 1030. The summed E-state index contributed by atoms with van der Waals surface area (Å²) in [5.41, 5.74) is 4.23. The molecule has 2 aromatic rings. The van der Waals surface area contributed by atoms with Crippen LogP contribution in [-0.4, -0.2) is 33.2 Å². The van der Waals surface area contributed by atoms with Gasteiger partial charge in [-0.05, 0) is 86.9 Å². The Labute approximate surface area is 192 Å². The van der Waals surface area contributed by atoms with Crippen LogP contribution in [0.3, 0.4) is 0 Å². The number of carbonyl (C=O) groups excluding carboxylic acids is 1. The molecule has 0 unspecified atom stereocenters. The fourth-order valence-electron chi connectivity index (χ4n) is 4.33. The average Bonchev–Trinajstić information content (AvgIpc) is 2.77. The number of sulfonamides is 1. The zero-order valence-electron chi connectivity index (χ0n) is 19.4. The molecule has 0 fully saturated rings. The summed E-state index contributed by atoms with van der Waals surface area (Å²) in [5.74, 6) is 0.347. The Morgan fingerprint density at radius 1 is 1.06 bits per heavy atom. The van der Waals surface area contributed by atoms with Gasteiger partial charge in [0.1, 0.15) is 11.8 Å². The molecule has 1 aliphatic rings. The first-order valence-corrected chi connectivity index (χ1v) is 13.2. The van der Waals surface area contributed by atoms with Gasteiger partial charge in [-0.25, -0.2) is 8.42 Å². The standard InChI is InChI=1S/C25H34N2O4S/c1-5-24(27(32(4,29)30)22-13-15-23(16-14-22)31-6-2)25(28)26-18(3)20-12-11-19-9-7-8-10-21(19)17-20/h11-18,24H,5-10H2,1-4H3,(H,26,28)/t18-,24-/m0/s1. The highest BCUT2D eigenvalue weighted by atomic mass is 32.2. The summed E-state index contributed by atoms with van der Waals surface area (Å²) in [6.07, 6.45) is 6.08. The highest BCUT2D eigenvalue weighted by Crippen LogP contribution is 2.27. The van der Waals surface area contributed by atoms with Crippen molar-refractivity contribution in [3.05, 3.63) is 59.2 Å². The maximum atomic E-state index is 13.2. The number of hydrogen-bond acceptors (Lipinski definition) is 4. The van der Waals surface area contributed by atoms with Gasteiger partial charge in [0.05, 0.1) is 24.6 Å². The molecule has 2 atom stereocenters. The molecule has 0 bridgehead atoms. The number of hydrogen-bond donors (Lipinski definition) is 1. The number of ether oxygens (including phenoxy) is 1. The summed E-state index contributed by atoms with van der Waals surface area (Å²) >= 11 is 0. The zero-order chi connectivity index (χ0) is 23.3. The molecule has 7 heteroatoms. The fourth-order valence-corrected chi connectivity index (χ4v) is 5.54. The van der Waals surface area contributed by atoms with E-state index in [0.29, 0.717) is 24.5 Å². The van der Waals surface area contributed by atoms with E-state index in [-0.39, 0.29) is 11.9 Å². The molecule has 0 aliphatic heterocycles. The SMILES string of the molecule is CCOc1ccc(N([C@@H](CC)C(=O)N[C@@H](C)c2ccc3c(c2)CCCC3)S(C)(=O)=O)cc1. The van der Waals surface area contributed by atoms with Crippen LogP contribution < -0.4 is 14.4 Å². The summed E-state index contributed by atoms with van der Waals surface area (Å²) in [7, 11) is -3.68. The van der Waals surface area contributed by atoms with E-state index in [9.17, 15) is 13.2 Å². The van der Waals surface area contributed by atoms with Gasteiger partial charge in [0.15, 0.2) is 0 Å². The minimum absolute atomic E-state index is 0.217. The quantitative estimate of drug-likeness (QED) is 0.605. The summed E-state index contributed by atoms with van der Waals surface area (Å²) in [5, 5.41) is 3.04. The van der Waals surface area contributed by atoms with Crippen molar-refractivity contribution < 1.29 is 17.9 Å². The number of rotatable bonds is 9. The lowest BCUT2D eigenvalue weighted by atomic mass is 9.89. The lowest BCUT2D eigenvalue weighted by Crippen LogP contribution is -2.49.